The van der Waals surface area contributed by atoms with Crippen molar-refractivity contribution in [2.75, 3.05) is 5.33 Å². The smallest absolute Gasteiger partial charge is 0.314 e. The van der Waals surface area contributed by atoms with Crippen LogP contribution in [0.15, 0.2) is 11.7 Å². The molecule has 0 aromatic carbocycles. The predicted octanol–water partition coefficient (Wildman–Crippen LogP) is 1.99. The molecule has 3 N–H and O–H groups in total. The Hall–Kier alpha value is 0.1000. The summed E-state index contributed by atoms with van der Waals surface area (Å²) in [6.07, 6.45) is 0. The lowest BCUT2D eigenvalue weighted by Crippen LogP contribution is -2.06. The summed E-state index contributed by atoms with van der Waals surface area (Å²) in [7, 11) is 0. The number of alkyl halides is 2. The number of hydrogen-bond donors (Lipinski definition) is 3. The van der Waals surface area contributed by atoms with Crippen molar-refractivity contribution in [2.24, 2.45) is 0 Å². The summed E-state index contributed by atoms with van der Waals surface area (Å²) < 4.78 is 0. The van der Waals surface area contributed by atoms with Gasteiger partial charge in [-0.15, -0.1) is 0 Å². The first-order chi connectivity index (χ1) is 4.09. The van der Waals surface area contributed by atoms with Crippen LogP contribution >= 0.6 is 31.9 Å². The van der Waals surface area contributed by atoms with Crippen molar-refractivity contribution in [3.63, 3.8) is 0 Å². The molecule has 0 saturated heterocycles. The largest absolute Gasteiger partial charge is 0.505 e. The minimum Gasteiger partial charge on any atom is -0.505 e. The fraction of sp³-hybridized carbons (Fsp3) is 0.500. The highest BCUT2D eigenvalue weighted by molar-refractivity contribution is 9.12. The van der Waals surface area contributed by atoms with E-state index < -0.39 is 16.5 Å². The Balaban J connectivity index is 4.02. The Kier molecular flexibility index (Phi) is 4.05. The molecule has 0 rings (SSSR count). The maximum absolute atomic E-state index is 8.70. The number of hydrogen-bond acceptors (Lipinski definition) is 3. The third-order valence-electron chi connectivity index (χ3n) is 0.661. The quantitative estimate of drug-likeness (QED) is 0.526. The van der Waals surface area contributed by atoms with Gasteiger partial charge in [-0.1, -0.05) is 31.9 Å². The van der Waals surface area contributed by atoms with E-state index in [1.54, 1.807) is 0 Å². The van der Waals surface area contributed by atoms with E-state index in [2.05, 4.69) is 31.9 Å². The molecule has 0 aliphatic rings. The third kappa shape index (κ3) is 2.95. The van der Waals surface area contributed by atoms with E-state index in [1.807, 2.05) is 0 Å². The summed E-state index contributed by atoms with van der Waals surface area (Å²) in [5, 5.41) is 25.6. The SMILES string of the molecule is OC(O)=C(O)C(Br)CBr. The third-order valence-corrected chi connectivity index (χ3v) is 2.94. The average molecular weight is 262 g/mol. The molecule has 0 spiro atoms. The summed E-state index contributed by atoms with van der Waals surface area (Å²) in [6.45, 7) is 0. The van der Waals surface area contributed by atoms with Crippen LogP contribution in [-0.4, -0.2) is 25.5 Å². The molecule has 0 fully saturated rings. The van der Waals surface area contributed by atoms with Crippen molar-refractivity contribution >= 4 is 31.9 Å². The molecule has 9 heavy (non-hydrogen) atoms. The zero-order valence-corrected chi connectivity index (χ0v) is 7.55. The molecule has 0 amide bonds. The van der Waals surface area contributed by atoms with Crippen molar-refractivity contribution in [1.29, 1.82) is 0 Å². The fourth-order valence-corrected chi connectivity index (χ4v) is 0.725. The Bertz CT molecular complexity index is 119. The van der Waals surface area contributed by atoms with Gasteiger partial charge in [-0.25, -0.2) is 0 Å². The molecule has 0 aromatic rings. The van der Waals surface area contributed by atoms with Gasteiger partial charge < -0.3 is 15.3 Å². The first-order valence-corrected chi connectivity index (χ1v) is 4.14. The second-order valence-electron chi connectivity index (χ2n) is 1.33. The normalized spacial score (nSPS) is 12.7. The van der Waals surface area contributed by atoms with Crippen molar-refractivity contribution < 1.29 is 15.3 Å². The van der Waals surface area contributed by atoms with Gasteiger partial charge in [0.15, 0.2) is 5.76 Å². The highest BCUT2D eigenvalue weighted by Gasteiger charge is 2.11. The summed E-state index contributed by atoms with van der Waals surface area (Å²) in [6, 6.07) is 0. The Morgan fingerprint density at radius 3 is 1.89 bits per heavy atom. The molecular weight excluding hydrogens is 256 g/mol. The van der Waals surface area contributed by atoms with Gasteiger partial charge in [0.25, 0.3) is 0 Å². The second-order valence-corrected chi connectivity index (χ2v) is 3.08. The number of aliphatic hydroxyl groups is 3. The van der Waals surface area contributed by atoms with Crippen LogP contribution in [0.3, 0.4) is 0 Å². The number of aliphatic hydroxyl groups excluding tert-OH is 2. The zero-order chi connectivity index (χ0) is 7.44. The van der Waals surface area contributed by atoms with Crippen molar-refractivity contribution in [3.05, 3.63) is 11.7 Å². The van der Waals surface area contributed by atoms with Gasteiger partial charge >= 0.3 is 5.95 Å². The van der Waals surface area contributed by atoms with Crippen LogP contribution in [0.5, 0.6) is 0 Å². The standard InChI is InChI=1S/C4H6Br2O3/c5-1-2(6)3(7)4(8)9/h2,7-9H,1H2. The molecule has 1 atom stereocenters. The molecule has 1 unspecified atom stereocenters. The molecule has 54 valence electrons. The number of allylic oxidation sites excluding steroid dienone is 1. The molecule has 0 bridgehead atoms. The maximum Gasteiger partial charge on any atom is 0.314 e. The average Bonchev–Trinajstić information content (AvgIpc) is 1.84. The van der Waals surface area contributed by atoms with Crippen LogP contribution in [0.25, 0.3) is 0 Å². The highest BCUT2D eigenvalue weighted by Crippen LogP contribution is 2.13. The predicted molar refractivity (Wildman–Crippen MR) is 41.4 cm³/mol. The lowest BCUT2D eigenvalue weighted by atomic mass is 10.4. The van der Waals surface area contributed by atoms with E-state index in [1.165, 1.54) is 0 Å². The number of halogens is 2. The summed E-state index contributed by atoms with van der Waals surface area (Å²) >= 11 is 5.99. The van der Waals surface area contributed by atoms with Gasteiger partial charge in [0, 0.05) is 5.33 Å². The van der Waals surface area contributed by atoms with E-state index in [0.29, 0.717) is 5.33 Å². The Labute approximate surface area is 69.3 Å². The highest BCUT2D eigenvalue weighted by atomic mass is 79.9. The molecule has 0 heterocycles. The van der Waals surface area contributed by atoms with E-state index in [-0.39, 0.29) is 0 Å². The van der Waals surface area contributed by atoms with Gasteiger partial charge in [-0.05, 0) is 0 Å². The van der Waals surface area contributed by atoms with Crippen LogP contribution in [0.1, 0.15) is 0 Å². The molecule has 0 aromatic heterocycles. The minimum absolute atomic E-state index is 0.420. The van der Waals surface area contributed by atoms with E-state index in [0.717, 1.165) is 0 Å². The van der Waals surface area contributed by atoms with Crippen LogP contribution in [0.4, 0.5) is 0 Å². The van der Waals surface area contributed by atoms with Crippen molar-refractivity contribution in [2.45, 2.75) is 4.83 Å². The molecule has 0 aliphatic heterocycles. The fourth-order valence-electron chi connectivity index (χ4n) is 0.213. The zero-order valence-electron chi connectivity index (χ0n) is 4.38. The van der Waals surface area contributed by atoms with Crippen molar-refractivity contribution in [1.82, 2.24) is 0 Å². The summed E-state index contributed by atoms with van der Waals surface area (Å²) in [5.74, 6) is -1.51. The van der Waals surface area contributed by atoms with E-state index in [9.17, 15) is 0 Å². The van der Waals surface area contributed by atoms with Gasteiger partial charge in [-0.2, -0.15) is 0 Å². The topological polar surface area (TPSA) is 60.7 Å². The first kappa shape index (κ1) is 9.10. The maximum atomic E-state index is 8.70. The monoisotopic (exact) mass is 260 g/mol. The summed E-state index contributed by atoms with van der Waals surface area (Å²) in [4.78, 5) is -0.442. The summed E-state index contributed by atoms with van der Waals surface area (Å²) in [5.41, 5.74) is 0. The molecular formula is C4H6Br2O3. The second kappa shape index (κ2) is 4.00. The lowest BCUT2D eigenvalue weighted by molar-refractivity contribution is 0.156. The van der Waals surface area contributed by atoms with Crippen LogP contribution in [0.2, 0.25) is 0 Å². The van der Waals surface area contributed by atoms with Crippen LogP contribution in [-0.2, 0) is 0 Å². The van der Waals surface area contributed by atoms with Gasteiger partial charge in [0.05, 0.1) is 4.83 Å². The van der Waals surface area contributed by atoms with Crippen LogP contribution in [0, 0.1) is 0 Å². The molecule has 0 saturated carbocycles. The van der Waals surface area contributed by atoms with Gasteiger partial charge in [0.2, 0.25) is 0 Å². The molecule has 3 nitrogen and oxygen atoms in total. The van der Waals surface area contributed by atoms with Gasteiger partial charge in [0.1, 0.15) is 0 Å². The lowest BCUT2D eigenvalue weighted by Gasteiger charge is -2.02. The van der Waals surface area contributed by atoms with E-state index in [4.69, 9.17) is 15.3 Å². The van der Waals surface area contributed by atoms with Gasteiger partial charge in [-0.3, -0.25) is 0 Å². The Morgan fingerprint density at radius 2 is 1.78 bits per heavy atom. The minimum atomic E-state index is -1.05. The molecule has 0 aliphatic carbocycles. The van der Waals surface area contributed by atoms with E-state index >= 15 is 0 Å². The van der Waals surface area contributed by atoms with Crippen molar-refractivity contribution in [3.8, 4) is 0 Å². The Morgan fingerprint density at radius 1 is 1.33 bits per heavy atom. The number of rotatable bonds is 2. The first-order valence-electron chi connectivity index (χ1n) is 2.10. The molecule has 5 heteroatoms. The molecule has 0 radical (unpaired) electrons. The van der Waals surface area contributed by atoms with Crippen LogP contribution < -0.4 is 0 Å².